The molecule has 0 saturated carbocycles. The van der Waals surface area contributed by atoms with Gasteiger partial charge in [0.05, 0.1) is 34.2 Å². The zero-order valence-corrected chi connectivity index (χ0v) is 14.5. The summed E-state index contributed by atoms with van der Waals surface area (Å²) in [5.74, 6) is 0.399. The van der Waals surface area contributed by atoms with E-state index in [0.29, 0.717) is 17.0 Å². The fourth-order valence-corrected chi connectivity index (χ4v) is 4.15. The molecule has 8 nitrogen and oxygen atoms in total. The van der Waals surface area contributed by atoms with Crippen molar-refractivity contribution in [3.05, 3.63) is 79.9 Å². The summed E-state index contributed by atoms with van der Waals surface area (Å²) in [7, 11) is 1.52. The molecule has 0 bridgehead atoms. The minimum Gasteiger partial charge on any atom is -0.495 e. The van der Waals surface area contributed by atoms with E-state index in [1.54, 1.807) is 18.2 Å². The maximum absolute atomic E-state index is 11.6. The highest BCUT2D eigenvalue weighted by Crippen LogP contribution is 2.55. The summed E-state index contributed by atoms with van der Waals surface area (Å²) < 4.78 is 5.42. The summed E-state index contributed by atoms with van der Waals surface area (Å²) in [6, 6.07) is 9.34. The molecule has 0 radical (unpaired) electrons. The SMILES string of the molecule is COc1ccc([N+](=O)[O-])c2c1N[C@H](c1cccc([N+](=O)[O-])c1)[C@@H]1CC=C[C@H]21. The number of benzene rings is 2. The monoisotopic (exact) mass is 367 g/mol. The van der Waals surface area contributed by atoms with Crippen LogP contribution in [0.3, 0.4) is 0 Å². The van der Waals surface area contributed by atoms with Crippen molar-refractivity contribution >= 4 is 17.1 Å². The number of nitrogens with one attached hydrogen (secondary N) is 1. The second-order valence-corrected chi connectivity index (χ2v) is 6.66. The highest BCUT2D eigenvalue weighted by atomic mass is 16.6. The molecule has 138 valence electrons. The van der Waals surface area contributed by atoms with Gasteiger partial charge in [-0.05, 0) is 24.0 Å². The average Bonchev–Trinajstić information content (AvgIpc) is 3.16. The quantitative estimate of drug-likeness (QED) is 0.489. The van der Waals surface area contributed by atoms with E-state index in [2.05, 4.69) is 5.32 Å². The molecule has 1 heterocycles. The Kier molecular flexibility index (Phi) is 4.02. The summed E-state index contributed by atoms with van der Waals surface area (Å²) in [4.78, 5) is 21.9. The molecule has 1 aliphatic heterocycles. The van der Waals surface area contributed by atoms with E-state index in [0.717, 1.165) is 12.0 Å². The number of allylic oxidation sites excluding steroid dienone is 2. The molecule has 2 aliphatic rings. The number of rotatable bonds is 4. The zero-order chi connectivity index (χ0) is 19.1. The lowest BCUT2D eigenvalue weighted by atomic mass is 9.76. The van der Waals surface area contributed by atoms with Gasteiger partial charge in [0.1, 0.15) is 5.75 Å². The predicted molar refractivity (Wildman–Crippen MR) is 99.1 cm³/mol. The topological polar surface area (TPSA) is 108 Å². The zero-order valence-electron chi connectivity index (χ0n) is 14.5. The number of hydrogen-bond donors (Lipinski definition) is 1. The Hall–Kier alpha value is -3.42. The minimum atomic E-state index is -0.421. The molecule has 8 heteroatoms. The number of hydrogen-bond acceptors (Lipinski definition) is 6. The highest BCUT2D eigenvalue weighted by Gasteiger charge is 2.43. The van der Waals surface area contributed by atoms with Crippen LogP contribution in [0.2, 0.25) is 0 Å². The summed E-state index contributed by atoms with van der Waals surface area (Å²) in [6.45, 7) is 0. The van der Waals surface area contributed by atoms with Crippen LogP contribution in [0.25, 0.3) is 0 Å². The van der Waals surface area contributed by atoms with Crippen molar-refractivity contribution in [1.82, 2.24) is 0 Å². The fraction of sp³-hybridized carbons (Fsp3) is 0.263. The van der Waals surface area contributed by atoms with Gasteiger partial charge < -0.3 is 10.1 Å². The molecule has 3 atom stereocenters. The first-order chi connectivity index (χ1) is 13.0. The van der Waals surface area contributed by atoms with Gasteiger partial charge in [0, 0.05) is 24.1 Å². The molecule has 0 amide bonds. The molecular formula is C19H17N3O5. The Labute approximate surface area is 154 Å². The summed E-state index contributed by atoms with van der Waals surface area (Å²) in [5, 5.41) is 26.1. The van der Waals surface area contributed by atoms with Crippen LogP contribution in [0.4, 0.5) is 17.1 Å². The van der Waals surface area contributed by atoms with Crippen molar-refractivity contribution in [2.45, 2.75) is 18.4 Å². The first-order valence-electron chi connectivity index (χ1n) is 8.54. The molecule has 2 aromatic carbocycles. The van der Waals surface area contributed by atoms with E-state index >= 15 is 0 Å². The van der Waals surface area contributed by atoms with Crippen LogP contribution in [0, 0.1) is 26.1 Å². The molecule has 0 unspecified atom stereocenters. The molecular weight excluding hydrogens is 350 g/mol. The van der Waals surface area contributed by atoms with Gasteiger partial charge in [0.2, 0.25) is 0 Å². The lowest BCUT2D eigenvalue weighted by Crippen LogP contribution is -2.30. The fourth-order valence-electron chi connectivity index (χ4n) is 4.15. The number of nitro benzene ring substituents is 2. The lowest BCUT2D eigenvalue weighted by molar-refractivity contribution is -0.385. The van der Waals surface area contributed by atoms with Crippen molar-refractivity contribution in [2.24, 2.45) is 5.92 Å². The van der Waals surface area contributed by atoms with E-state index < -0.39 is 4.92 Å². The normalized spacial score (nSPS) is 22.5. The smallest absolute Gasteiger partial charge is 0.275 e. The summed E-state index contributed by atoms with van der Waals surface area (Å²) >= 11 is 0. The highest BCUT2D eigenvalue weighted by molar-refractivity contribution is 5.73. The van der Waals surface area contributed by atoms with Gasteiger partial charge in [-0.25, -0.2) is 0 Å². The Balaban J connectivity index is 1.87. The number of anilines is 1. The van der Waals surface area contributed by atoms with Gasteiger partial charge in [0.15, 0.2) is 0 Å². The van der Waals surface area contributed by atoms with Gasteiger partial charge in [-0.1, -0.05) is 24.3 Å². The van der Waals surface area contributed by atoms with Crippen LogP contribution < -0.4 is 10.1 Å². The van der Waals surface area contributed by atoms with Crippen molar-refractivity contribution < 1.29 is 14.6 Å². The standard InChI is InChI=1S/C19H17N3O5/c1-27-16-9-8-15(22(25)26)17-13-6-3-7-14(13)18(20-19(16)17)11-4-2-5-12(10-11)21(23)24/h2-6,8-10,13-14,18,20H,7H2,1H3/t13-,14+,18+/m0/s1. The molecule has 27 heavy (non-hydrogen) atoms. The molecule has 0 saturated heterocycles. The van der Waals surface area contributed by atoms with Gasteiger partial charge in [0.25, 0.3) is 11.4 Å². The van der Waals surface area contributed by atoms with E-state index in [1.165, 1.54) is 19.2 Å². The third kappa shape index (κ3) is 2.69. The number of nitro groups is 2. The Morgan fingerprint density at radius 2 is 1.96 bits per heavy atom. The molecule has 0 aromatic heterocycles. The van der Waals surface area contributed by atoms with Crippen molar-refractivity contribution in [2.75, 3.05) is 12.4 Å². The Morgan fingerprint density at radius 3 is 2.67 bits per heavy atom. The maximum Gasteiger partial charge on any atom is 0.275 e. The van der Waals surface area contributed by atoms with Crippen LogP contribution >= 0.6 is 0 Å². The van der Waals surface area contributed by atoms with Crippen LogP contribution in [0.15, 0.2) is 48.6 Å². The largest absolute Gasteiger partial charge is 0.495 e. The molecule has 2 aromatic rings. The first kappa shape index (κ1) is 17.0. The third-order valence-corrected chi connectivity index (χ3v) is 5.32. The molecule has 0 spiro atoms. The van der Waals surface area contributed by atoms with Crippen molar-refractivity contribution in [1.29, 1.82) is 0 Å². The Morgan fingerprint density at radius 1 is 1.15 bits per heavy atom. The second-order valence-electron chi connectivity index (χ2n) is 6.66. The van der Waals surface area contributed by atoms with Gasteiger partial charge in [-0.2, -0.15) is 0 Å². The summed E-state index contributed by atoms with van der Waals surface area (Å²) in [6.07, 6.45) is 4.74. The number of methoxy groups -OCH3 is 1. The van der Waals surface area contributed by atoms with Gasteiger partial charge >= 0.3 is 0 Å². The van der Waals surface area contributed by atoms with Gasteiger partial charge in [-0.15, -0.1) is 0 Å². The van der Waals surface area contributed by atoms with E-state index in [-0.39, 0.29) is 34.2 Å². The number of ether oxygens (including phenoxy) is 1. The number of nitrogens with zero attached hydrogens (tertiary/aromatic N) is 2. The van der Waals surface area contributed by atoms with E-state index in [4.69, 9.17) is 4.74 Å². The second kappa shape index (κ2) is 6.39. The average molecular weight is 367 g/mol. The molecule has 1 N–H and O–H groups in total. The van der Waals surface area contributed by atoms with Crippen LogP contribution in [-0.4, -0.2) is 17.0 Å². The summed E-state index contributed by atoms with van der Waals surface area (Å²) in [5.41, 5.74) is 2.05. The van der Waals surface area contributed by atoms with Crippen molar-refractivity contribution in [3.8, 4) is 5.75 Å². The van der Waals surface area contributed by atoms with E-state index in [9.17, 15) is 20.2 Å². The van der Waals surface area contributed by atoms with Crippen LogP contribution in [0.5, 0.6) is 5.75 Å². The van der Waals surface area contributed by atoms with Crippen LogP contribution in [0.1, 0.15) is 29.5 Å². The third-order valence-electron chi connectivity index (χ3n) is 5.32. The lowest BCUT2D eigenvalue weighted by Gasteiger charge is -2.37. The Bertz CT molecular complexity index is 972. The molecule has 4 rings (SSSR count). The number of non-ortho nitro benzene ring substituents is 1. The molecule has 1 aliphatic carbocycles. The molecule has 0 fully saturated rings. The number of fused-ring (bicyclic) bond motifs is 3. The van der Waals surface area contributed by atoms with Crippen molar-refractivity contribution in [3.63, 3.8) is 0 Å². The van der Waals surface area contributed by atoms with E-state index in [1.807, 2.05) is 18.2 Å². The van der Waals surface area contributed by atoms with Crippen LogP contribution in [-0.2, 0) is 0 Å². The predicted octanol–water partition coefficient (Wildman–Crippen LogP) is 4.34. The minimum absolute atomic E-state index is 0.0219. The van der Waals surface area contributed by atoms with Gasteiger partial charge in [-0.3, -0.25) is 20.2 Å². The maximum atomic E-state index is 11.6. The first-order valence-corrected chi connectivity index (χ1v) is 8.54.